The van der Waals surface area contributed by atoms with Crippen LogP contribution >= 0.6 is 0 Å². The minimum absolute atomic E-state index is 0.0349. The summed E-state index contributed by atoms with van der Waals surface area (Å²) in [5.41, 5.74) is 0. The van der Waals surface area contributed by atoms with Crippen LogP contribution in [0.1, 0.15) is 6.42 Å². The summed E-state index contributed by atoms with van der Waals surface area (Å²) >= 11 is 0. The maximum Gasteiger partial charge on any atom is 0.405 e. The van der Waals surface area contributed by atoms with Gasteiger partial charge in [0.15, 0.2) is 0 Å². The van der Waals surface area contributed by atoms with Gasteiger partial charge in [-0.15, -0.1) is 0 Å². The molecule has 7 heteroatoms. The molecule has 0 aliphatic heterocycles. The minimum Gasteiger partial charge on any atom is -0.358 e. The second kappa shape index (κ2) is 5.39. The Balaban J connectivity index is 3.46. The summed E-state index contributed by atoms with van der Waals surface area (Å²) in [6.07, 6.45) is -4.18. The van der Waals surface area contributed by atoms with Crippen LogP contribution in [0, 0.1) is 0 Å². The van der Waals surface area contributed by atoms with Gasteiger partial charge in [0.25, 0.3) is 0 Å². The molecule has 4 nitrogen and oxygen atoms in total. The number of hydrogen-bond donors (Lipinski definition) is 2. The monoisotopic (exact) mass is 198 g/mol. The zero-order valence-electron chi connectivity index (χ0n) is 6.65. The third-order valence-corrected chi connectivity index (χ3v) is 1.07. The van der Waals surface area contributed by atoms with Crippen molar-refractivity contribution >= 4 is 12.3 Å². The van der Waals surface area contributed by atoms with Crippen LogP contribution in [-0.4, -0.2) is 31.6 Å². The van der Waals surface area contributed by atoms with Crippen molar-refractivity contribution in [3.05, 3.63) is 0 Å². The Bertz CT molecular complexity index is 181. The first kappa shape index (κ1) is 11.7. The molecule has 0 aliphatic carbocycles. The van der Waals surface area contributed by atoms with Gasteiger partial charge in [-0.05, 0) is 0 Å². The number of nitrogens with one attached hydrogen (secondary N) is 2. The number of hydrogen-bond acceptors (Lipinski definition) is 2. The smallest absolute Gasteiger partial charge is 0.358 e. The molecule has 0 aliphatic rings. The van der Waals surface area contributed by atoms with Gasteiger partial charge >= 0.3 is 6.18 Å². The van der Waals surface area contributed by atoms with E-state index in [4.69, 9.17) is 0 Å². The molecule has 0 radical (unpaired) electrons. The molecule has 0 spiro atoms. The SMILES string of the molecule is O=CNCCC(=O)NCC(F)(F)F. The Morgan fingerprint density at radius 1 is 1.38 bits per heavy atom. The zero-order valence-corrected chi connectivity index (χ0v) is 6.65. The summed E-state index contributed by atoms with van der Waals surface area (Å²) in [4.78, 5) is 20.3. The highest BCUT2D eigenvalue weighted by Gasteiger charge is 2.27. The van der Waals surface area contributed by atoms with Crippen LogP contribution < -0.4 is 10.6 Å². The molecule has 0 aromatic heterocycles. The number of alkyl halides is 3. The molecule has 76 valence electrons. The quantitative estimate of drug-likeness (QED) is 0.474. The van der Waals surface area contributed by atoms with E-state index in [1.54, 1.807) is 5.32 Å². The van der Waals surface area contributed by atoms with Crippen LogP contribution in [0.4, 0.5) is 13.2 Å². The van der Waals surface area contributed by atoms with Crippen molar-refractivity contribution in [2.24, 2.45) is 0 Å². The van der Waals surface area contributed by atoms with E-state index < -0.39 is 18.6 Å². The van der Waals surface area contributed by atoms with E-state index in [1.807, 2.05) is 0 Å². The average molecular weight is 198 g/mol. The third-order valence-electron chi connectivity index (χ3n) is 1.07. The van der Waals surface area contributed by atoms with Gasteiger partial charge in [-0.3, -0.25) is 9.59 Å². The van der Waals surface area contributed by atoms with E-state index in [0.717, 1.165) is 0 Å². The van der Waals surface area contributed by atoms with Gasteiger partial charge in [0.2, 0.25) is 12.3 Å². The highest BCUT2D eigenvalue weighted by molar-refractivity contribution is 5.76. The summed E-state index contributed by atoms with van der Waals surface area (Å²) in [6.45, 7) is -1.31. The molecule has 0 fully saturated rings. The normalized spacial score (nSPS) is 10.7. The van der Waals surface area contributed by atoms with Crippen LogP contribution in [0.15, 0.2) is 0 Å². The van der Waals surface area contributed by atoms with Crippen LogP contribution in [0.5, 0.6) is 0 Å². The summed E-state index contributed by atoms with van der Waals surface area (Å²) in [5, 5.41) is 3.82. The van der Waals surface area contributed by atoms with E-state index in [-0.39, 0.29) is 13.0 Å². The van der Waals surface area contributed by atoms with Gasteiger partial charge in [0.1, 0.15) is 6.54 Å². The van der Waals surface area contributed by atoms with E-state index in [2.05, 4.69) is 5.32 Å². The fraction of sp³-hybridized carbons (Fsp3) is 0.667. The minimum atomic E-state index is -4.40. The molecule has 0 unspecified atom stereocenters. The number of carbonyl (C=O) groups excluding carboxylic acids is 2. The van der Waals surface area contributed by atoms with Gasteiger partial charge < -0.3 is 10.6 Å². The van der Waals surface area contributed by atoms with E-state index in [1.165, 1.54) is 0 Å². The number of carbonyl (C=O) groups is 2. The zero-order chi connectivity index (χ0) is 10.3. The summed E-state index contributed by atoms with van der Waals surface area (Å²) in [7, 11) is 0. The lowest BCUT2D eigenvalue weighted by atomic mass is 10.4. The molecule has 2 N–H and O–H groups in total. The number of amides is 2. The maximum absolute atomic E-state index is 11.5. The van der Waals surface area contributed by atoms with Crippen molar-refractivity contribution in [1.29, 1.82) is 0 Å². The van der Waals surface area contributed by atoms with Crippen molar-refractivity contribution in [2.75, 3.05) is 13.1 Å². The Hall–Kier alpha value is -1.27. The first-order chi connectivity index (χ1) is 5.95. The van der Waals surface area contributed by atoms with Crippen LogP contribution in [0.2, 0.25) is 0 Å². The van der Waals surface area contributed by atoms with Gasteiger partial charge in [-0.25, -0.2) is 0 Å². The molecular formula is C6H9F3N2O2. The Morgan fingerprint density at radius 2 is 2.00 bits per heavy atom. The van der Waals surface area contributed by atoms with E-state index >= 15 is 0 Å². The predicted molar refractivity (Wildman–Crippen MR) is 37.7 cm³/mol. The highest BCUT2D eigenvalue weighted by atomic mass is 19.4. The molecule has 0 saturated carbocycles. The van der Waals surface area contributed by atoms with E-state index in [0.29, 0.717) is 6.41 Å². The van der Waals surface area contributed by atoms with Crippen LogP contribution in [0.25, 0.3) is 0 Å². The van der Waals surface area contributed by atoms with Crippen molar-refractivity contribution < 1.29 is 22.8 Å². The lowest BCUT2D eigenvalue weighted by molar-refractivity contribution is -0.138. The molecule has 0 heterocycles. The Labute approximate surface area is 72.5 Å². The second-order valence-electron chi connectivity index (χ2n) is 2.21. The van der Waals surface area contributed by atoms with Crippen molar-refractivity contribution in [3.8, 4) is 0 Å². The topological polar surface area (TPSA) is 58.2 Å². The highest BCUT2D eigenvalue weighted by Crippen LogP contribution is 2.11. The molecule has 2 amide bonds. The third kappa shape index (κ3) is 8.64. The lowest BCUT2D eigenvalue weighted by Gasteiger charge is -2.07. The molecule has 0 atom stereocenters. The summed E-state index contributed by atoms with van der Waals surface area (Å²) in [6, 6.07) is 0. The largest absolute Gasteiger partial charge is 0.405 e. The molecule has 0 aromatic rings. The summed E-state index contributed by atoms with van der Waals surface area (Å²) in [5.74, 6) is -0.744. The van der Waals surface area contributed by atoms with Gasteiger partial charge in [-0.2, -0.15) is 13.2 Å². The number of rotatable bonds is 5. The predicted octanol–water partition coefficient (Wildman–Crippen LogP) is -0.199. The summed E-state index contributed by atoms with van der Waals surface area (Å²) < 4.78 is 34.6. The fourth-order valence-corrected chi connectivity index (χ4v) is 0.532. The molecule has 0 rings (SSSR count). The Morgan fingerprint density at radius 3 is 2.46 bits per heavy atom. The van der Waals surface area contributed by atoms with Gasteiger partial charge in [0.05, 0.1) is 0 Å². The van der Waals surface area contributed by atoms with Crippen molar-refractivity contribution in [3.63, 3.8) is 0 Å². The lowest BCUT2D eigenvalue weighted by Crippen LogP contribution is -2.35. The van der Waals surface area contributed by atoms with Crippen molar-refractivity contribution in [2.45, 2.75) is 12.6 Å². The van der Waals surface area contributed by atoms with E-state index in [9.17, 15) is 22.8 Å². The molecule has 0 aromatic carbocycles. The molecular weight excluding hydrogens is 189 g/mol. The molecule has 0 bridgehead atoms. The molecule has 0 saturated heterocycles. The van der Waals surface area contributed by atoms with Crippen LogP contribution in [-0.2, 0) is 9.59 Å². The second-order valence-corrected chi connectivity index (χ2v) is 2.21. The fourth-order valence-electron chi connectivity index (χ4n) is 0.532. The van der Waals surface area contributed by atoms with Gasteiger partial charge in [-0.1, -0.05) is 0 Å². The first-order valence-electron chi connectivity index (χ1n) is 3.46. The van der Waals surface area contributed by atoms with Gasteiger partial charge in [0, 0.05) is 13.0 Å². The molecule has 13 heavy (non-hydrogen) atoms. The first-order valence-corrected chi connectivity index (χ1v) is 3.46. The average Bonchev–Trinajstić information content (AvgIpc) is 2.00. The number of halogens is 3. The standard InChI is InChI=1S/C6H9F3N2O2/c7-6(8,9)3-11-5(13)1-2-10-4-12/h4H,1-3H2,(H,10,12)(H,11,13). The van der Waals surface area contributed by atoms with Crippen LogP contribution in [0.3, 0.4) is 0 Å². The Kier molecular flexibility index (Phi) is 4.86. The maximum atomic E-state index is 11.5. The van der Waals surface area contributed by atoms with Crippen molar-refractivity contribution in [1.82, 2.24) is 10.6 Å².